The van der Waals surface area contributed by atoms with Crippen molar-refractivity contribution in [2.45, 2.75) is 51.0 Å². The SMILES string of the molecule is C#CC1CC(O)[C@@]2(C)CC[C@@H]3c4ccc(O)cc4CC[C@H]3[C@H]12. The zero-order valence-corrected chi connectivity index (χ0v) is 13.1. The van der Waals surface area contributed by atoms with Crippen molar-refractivity contribution in [2.75, 3.05) is 0 Å². The summed E-state index contributed by atoms with van der Waals surface area (Å²) < 4.78 is 0. The van der Waals surface area contributed by atoms with Crippen molar-refractivity contribution in [1.82, 2.24) is 0 Å². The maximum absolute atomic E-state index is 10.6. The number of hydrogen-bond acceptors (Lipinski definition) is 2. The van der Waals surface area contributed by atoms with E-state index in [1.807, 2.05) is 12.1 Å². The average Bonchev–Trinajstić information content (AvgIpc) is 2.78. The smallest absolute Gasteiger partial charge is 0.115 e. The van der Waals surface area contributed by atoms with Crippen LogP contribution in [-0.2, 0) is 6.42 Å². The lowest BCUT2D eigenvalue weighted by molar-refractivity contribution is -0.0264. The standard InChI is InChI=1S/C20H24O2/c1-3-12-11-18(22)20(2)9-8-16-15-7-5-14(21)10-13(15)4-6-17(16)19(12)20/h1,5,7,10,12,16-19,21-22H,4,6,8-9,11H2,2H3/t12?,16-,17-,18?,19+,20-/m1/s1. The van der Waals surface area contributed by atoms with E-state index in [0.29, 0.717) is 23.5 Å². The van der Waals surface area contributed by atoms with E-state index in [2.05, 4.69) is 18.9 Å². The molecular formula is C20H24O2. The Hall–Kier alpha value is -1.46. The number of phenolic OH excluding ortho intramolecular Hbond substituents is 1. The van der Waals surface area contributed by atoms with Gasteiger partial charge in [0.05, 0.1) is 6.10 Å². The molecule has 0 aromatic heterocycles. The summed E-state index contributed by atoms with van der Waals surface area (Å²) in [7, 11) is 0. The summed E-state index contributed by atoms with van der Waals surface area (Å²) in [5.74, 6) is 5.13. The van der Waals surface area contributed by atoms with E-state index >= 15 is 0 Å². The highest BCUT2D eigenvalue weighted by Crippen LogP contribution is 2.62. The van der Waals surface area contributed by atoms with Gasteiger partial charge in [-0.25, -0.2) is 0 Å². The number of benzene rings is 1. The number of aliphatic hydroxyl groups excluding tert-OH is 1. The highest BCUT2D eigenvalue weighted by Gasteiger charge is 2.58. The normalized spacial score (nSPS) is 42.9. The molecule has 3 aliphatic carbocycles. The summed E-state index contributed by atoms with van der Waals surface area (Å²) in [5, 5.41) is 20.3. The molecule has 0 saturated heterocycles. The minimum Gasteiger partial charge on any atom is -0.508 e. The van der Waals surface area contributed by atoms with Gasteiger partial charge in [-0.1, -0.05) is 13.0 Å². The third kappa shape index (κ3) is 1.78. The summed E-state index contributed by atoms with van der Waals surface area (Å²) in [5.41, 5.74) is 2.71. The summed E-state index contributed by atoms with van der Waals surface area (Å²) in [6, 6.07) is 5.86. The number of aromatic hydroxyl groups is 1. The highest BCUT2D eigenvalue weighted by molar-refractivity contribution is 5.40. The second-order valence-corrected chi connectivity index (χ2v) is 7.79. The van der Waals surface area contributed by atoms with Gasteiger partial charge in [-0.05, 0) is 78.5 Å². The zero-order chi connectivity index (χ0) is 15.5. The molecule has 4 rings (SSSR count). The fourth-order valence-corrected chi connectivity index (χ4v) is 5.82. The van der Waals surface area contributed by atoms with Crippen molar-refractivity contribution in [3.05, 3.63) is 29.3 Å². The fourth-order valence-electron chi connectivity index (χ4n) is 5.82. The molecule has 2 unspecified atom stereocenters. The monoisotopic (exact) mass is 296 g/mol. The Bertz CT molecular complexity index is 644. The molecule has 0 radical (unpaired) electrons. The highest BCUT2D eigenvalue weighted by atomic mass is 16.3. The molecule has 3 aliphatic rings. The lowest BCUT2D eigenvalue weighted by Gasteiger charge is -2.50. The van der Waals surface area contributed by atoms with E-state index in [4.69, 9.17) is 6.42 Å². The molecule has 0 heterocycles. The fraction of sp³-hybridized carbons (Fsp3) is 0.600. The number of aliphatic hydroxyl groups is 1. The van der Waals surface area contributed by atoms with Crippen molar-refractivity contribution in [2.24, 2.45) is 23.2 Å². The van der Waals surface area contributed by atoms with E-state index in [1.165, 1.54) is 11.1 Å². The van der Waals surface area contributed by atoms with Crippen LogP contribution >= 0.6 is 0 Å². The first kappa shape index (κ1) is 14.2. The molecule has 22 heavy (non-hydrogen) atoms. The van der Waals surface area contributed by atoms with Crippen LogP contribution < -0.4 is 0 Å². The number of aryl methyl sites for hydroxylation is 1. The molecule has 2 heteroatoms. The molecule has 0 spiro atoms. The molecule has 0 amide bonds. The molecule has 2 nitrogen and oxygen atoms in total. The zero-order valence-electron chi connectivity index (χ0n) is 13.1. The topological polar surface area (TPSA) is 40.5 Å². The average molecular weight is 296 g/mol. The third-order valence-corrected chi connectivity index (χ3v) is 6.89. The molecule has 6 atom stereocenters. The van der Waals surface area contributed by atoms with Crippen LogP contribution in [0.3, 0.4) is 0 Å². The summed E-state index contributed by atoms with van der Waals surface area (Å²) in [6.45, 7) is 2.25. The molecule has 116 valence electrons. The first-order valence-electron chi connectivity index (χ1n) is 8.50. The first-order chi connectivity index (χ1) is 10.5. The van der Waals surface area contributed by atoms with E-state index in [-0.39, 0.29) is 17.4 Å². The summed E-state index contributed by atoms with van der Waals surface area (Å²) in [6.07, 6.45) is 10.7. The first-order valence-corrected chi connectivity index (χ1v) is 8.50. The van der Waals surface area contributed by atoms with Crippen molar-refractivity contribution in [1.29, 1.82) is 0 Å². The number of phenols is 1. The van der Waals surface area contributed by atoms with Gasteiger partial charge < -0.3 is 10.2 Å². The number of fused-ring (bicyclic) bond motifs is 5. The van der Waals surface area contributed by atoms with Crippen molar-refractivity contribution < 1.29 is 10.2 Å². The number of rotatable bonds is 0. The molecule has 1 aromatic carbocycles. The van der Waals surface area contributed by atoms with Gasteiger partial charge in [0.25, 0.3) is 0 Å². The summed E-state index contributed by atoms with van der Waals surface area (Å²) in [4.78, 5) is 0. The Balaban J connectivity index is 1.75. The van der Waals surface area contributed by atoms with Crippen LogP contribution in [0.25, 0.3) is 0 Å². The number of terminal acetylenes is 1. The van der Waals surface area contributed by atoms with Crippen LogP contribution in [-0.4, -0.2) is 16.3 Å². The van der Waals surface area contributed by atoms with Gasteiger partial charge in [0.15, 0.2) is 0 Å². The molecule has 2 N–H and O–H groups in total. The summed E-state index contributed by atoms with van der Waals surface area (Å²) >= 11 is 0. The minimum atomic E-state index is -0.249. The van der Waals surface area contributed by atoms with E-state index < -0.39 is 0 Å². The van der Waals surface area contributed by atoms with Crippen LogP contribution in [0.1, 0.15) is 49.7 Å². The second-order valence-electron chi connectivity index (χ2n) is 7.79. The lowest BCUT2D eigenvalue weighted by atomic mass is 9.54. The Labute approximate surface area is 132 Å². The van der Waals surface area contributed by atoms with Crippen LogP contribution in [0, 0.1) is 35.5 Å². The number of hydrogen-bond donors (Lipinski definition) is 2. The predicted molar refractivity (Wildman–Crippen MR) is 86.4 cm³/mol. The maximum Gasteiger partial charge on any atom is 0.115 e. The van der Waals surface area contributed by atoms with E-state index in [1.54, 1.807) is 0 Å². The molecular weight excluding hydrogens is 272 g/mol. The van der Waals surface area contributed by atoms with E-state index in [9.17, 15) is 10.2 Å². The Morgan fingerprint density at radius 2 is 2.14 bits per heavy atom. The largest absolute Gasteiger partial charge is 0.508 e. The third-order valence-electron chi connectivity index (χ3n) is 6.89. The molecule has 1 aromatic rings. The van der Waals surface area contributed by atoms with Gasteiger partial charge in [0.1, 0.15) is 5.75 Å². The van der Waals surface area contributed by atoms with Crippen molar-refractivity contribution in [3.63, 3.8) is 0 Å². The van der Waals surface area contributed by atoms with Gasteiger partial charge in [0, 0.05) is 5.92 Å². The quantitative estimate of drug-likeness (QED) is 0.720. The van der Waals surface area contributed by atoms with Gasteiger partial charge >= 0.3 is 0 Å². The second kappa shape index (κ2) is 4.77. The molecule has 0 aliphatic heterocycles. The van der Waals surface area contributed by atoms with E-state index in [0.717, 1.165) is 32.1 Å². The molecule has 2 saturated carbocycles. The Morgan fingerprint density at radius 1 is 1.32 bits per heavy atom. The predicted octanol–water partition coefficient (Wildman–Crippen LogP) is 3.47. The van der Waals surface area contributed by atoms with Crippen LogP contribution in [0.4, 0.5) is 0 Å². The van der Waals surface area contributed by atoms with Crippen molar-refractivity contribution >= 4 is 0 Å². The maximum atomic E-state index is 10.6. The van der Waals surface area contributed by atoms with Crippen LogP contribution in [0.2, 0.25) is 0 Å². The molecule has 2 fully saturated rings. The van der Waals surface area contributed by atoms with Gasteiger partial charge in [-0.2, -0.15) is 0 Å². The van der Waals surface area contributed by atoms with Crippen molar-refractivity contribution in [3.8, 4) is 18.1 Å². The van der Waals surface area contributed by atoms with Crippen LogP contribution in [0.5, 0.6) is 5.75 Å². The minimum absolute atomic E-state index is 0.00732. The van der Waals surface area contributed by atoms with Crippen LogP contribution in [0.15, 0.2) is 18.2 Å². The lowest BCUT2D eigenvalue weighted by Crippen LogP contribution is -2.45. The van der Waals surface area contributed by atoms with Gasteiger partial charge in [-0.15, -0.1) is 12.3 Å². The Kier molecular flexibility index (Phi) is 3.07. The molecule has 0 bridgehead atoms. The van der Waals surface area contributed by atoms with Gasteiger partial charge in [-0.3, -0.25) is 0 Å². The Morgan fingerprint density at radius 3 is 2.91 bits per heavy atom. The van der Waals surface area contributed by atoms with Gasteiger partial charge in [0.2, 0.25) is 0 Å².